The standard InChI is InChI=1S/C17H18N2O/c1-12-6-8-15(9-7-12)20-11-14-10-13-4-3-5-16(18)17(13)19(14)2/h3-10H,11,18H2,1-2H3. The average molecular weight is 266 g/mol. The Bertz CT molecular complexity index is 742. The van der Waals surface area contributed by atoms with Crippen LogP contribution in [0.15, 0.2) is 48.5 Å². The van der Waals surface area contributed by atoms with E-state index in [1.54, 1.807) is 0 Å². The molecule has 0 atom stereocenters. The smallest absolute Gasteiger partial charge is 0.128 e. The molecule has 0 saturated heterocycles. The van der Waals surface area contributed by atoms with E-state index in [1.165, 1.54) is 5.56 Å². The summed E-state index contributed by atoms with van der Waals surface area (Å²) in [5.74, 6) is 0.883. The molecule has 3 heteroatoms. The second kappa shape index (κ2) is 4.93. The van der Waals surface area contributed by atoms with Gasteiger partial charge in [0.25, 0.3) is 0 Å². The fourth-order valence-corrected chi connectivity index (χ4v) is 2.43. The lowest BCUT2D eigenvalue weighted by Gasteiger charge is -2.08. The Kier molecular flexibility index (Phi) is 3.11. The van der Waals surface area contributed by atoms with Gasteiger partial charge in [-0.05, 0) is 31.2 Å². The van der Waals surface area contributed by atoms with E-state index >= 15 is 0 Å². The van der Waals surface area contributed by atoms with Gasteiger partial charge in [0.2, 0.25) is 0 Å². The van der Waals surface area contributed by atoms with Crippen LogP contribution < -0.4 is 10.5 Å². The molecule has 1 aromatic heterocycles. The lowest BCUT2D eigenvalue weighted by atomic mass is 10.2. The summed E-state index contributed by atoms with van der Waals surface area (Å²) in [5, 5.41) is 1.15. The lowest BCUT2D eigenvalue weighted by molar-refractivity contribution is 0.297. The van der Waals surface area contributed by atoms with Crippen LogP contribution in [0.2, 0.25) is 0 Å². The minimum Gasteiger partial charge on any atom is -0.487 e. The van der Waals surface area contributed by atoms with E-state index in [2.05, 4.69) is 35.8 Å². The number of rotatable bonds is 3. The Labute approximate surface area is 118 Å². The van der Waals surface area contributed by atoms with E-state index in [0.29, 0.717) is 6.61 Å². The summed E-state index contributed by atoms with van der Waals surface area (Å²) in [5.41, 5.74) is 10.2. The summed E-state index contributed by atoms with van der Waals surface area (Å²) in [4.78, 5) is 0. The quantitative estimate of drug-likeness (QED) is 0.735. The van der Waals surface area contributed by atoms with Crippen molar-refractivity contribution < 1.29 is 4.74 Å². The van der Waals surface area contributed by atoms with Crippen LogP contribution in [-0.4, -0.2) is 4.57 Å². The van der Waals surface area contributed by atoms with Crippen molar-refractivity contribution in [1.29, 1.82) is 0 Å². The highest BCUT2D eigenvalue weighted by Crippen LogP contribution is 2.25. The Morgan fingerprint density at radius 1 is 1.10 bits per heavy atom. The number of anilines is 1. The molecule has 3 nitrogen and oxygen atoms in total. The summed E-state index contributed by atoms with van der Waals surface area (Å²) >= 11 is 0. The van der Waals surface area contributed by atoms with Crippen LogP contribution in [-0.2, 0) is 13.7 Å². The first-order valence-electron chi connectivity index (χ1n) is 6.67. The first kappa shape index (κ1) is 12.6. The fraction of sp³-hybridized carbons (Fsp3) is 0.176. The maximum atomic E-state index is 6.03. The van der Waals surface area contributed by atoms with Gasteiger partial charge in [-0.15, -0.1) is 0 Å². The number of aryl methyl sites for hydroxylation is 2. The predicted molar refractivity (Wildman–Crippen MR) is 82.8 cm³/mol. The third-order valence-electron chi connectivity index (χ3n) is 3.59. The minimum absolute atomic E-state index is 0.535. The van der Waals surface area contributed by atoms with E-state index in [0.717, 1.165) is 28.0 Å². The molecule has 0 amide bonds. The highest BCUT2D eigenvalue weighted by atomic mass is 16.5. The fourth-order valence-electron chi connectivity index (χ4n) is 2.43. The summed E-state index contributed by atoms with van der Waals surface area (Å²) in [6.07, 6.45) is 0. The monoisotopic (exact) mass is 266 g/mol. The molecule has 0 aliphatic rings. The van der Waals surface area contributed by atoms with Gasteiger partial charge in [0.1, 0.15) is 12.4 Å². The van der Waals surface area contributed by atoms with Crippen LogP contribution in [0.3, 0.4) is 0 Å². The molecular weight excluding hydrogens is 248 g/mol. The predicted octanol–water partition coefficient (Wildman–Crippen LogP) is 3.65. The van der Waals surface area contributed by atoms with Crippen molar-refractivity contribution in [3.63, 3.8) is 0 Å². The number of hydrogen-bond acceptors (Lipinski definition) is 2. The number of nitrogens with zero attached hydrogens (tertiary/aromatic N) is 1. The number of para-hydroxylation sites is 1. The summed E-state index contributed by atoms with van der Waals surface area (Å²) in [7, 11) is 2.02. The number of ether oxygens (including phenoxy) is 1. The summed E-state index contributed by atoms with van der Waals surface area (Å²) in [6, 6.07) is 16.2. The van der Waals surface area contributed by atoms with Crippen molar-refractivity contribution in [2.24, 2.45) is 7.05 Å². The molecule has 0 bridgehead atoms. The largest absolute Gasteiger partial charge is 0.487 e. The molecule has 2 N–H and O–H groups in total. The third kappa shape index (κ3) is 2.23. The highest BCUT2D eigenvalue weighted by Gasteiger charge is 2.08. The van der Waals surface area contributed by atoms with Crippen LogP contribution in [0.4, 0.5) is 5.69 Å². The Morgan fingerprint density at radius 2 is 1.85 bits per heavy atom. The summed E-state index contributed by atoms with van der Waals surface area (Å²) in [6.45, 7) is 2.60. The van der Waals surface area contributed by atoms with Gasteiger partial charge in [0.15, 0.2) is 0 Å². The number of fused-ring (bicyclic) bond motifs is 1. The maximum Gasteiger partial charge on any atom is 0.128 e. The Balaban J connectivity index is 1.86. The van der Waals surface area contributed by atoms with Gasteiger partial charge in [-0.3, -0.25) is 0 Å². The average Bonchev–Trinajstić information content (AvgIpc) is 2.76. The van der Waals surface area contributed by atoms with Gasteiger partial charge in [-0.25, -0.2) is 0 Å². The van der Waals surface area contributed by atoms with Gasteiger partial charge < -0.3 is 15.0 Å². The van der Waals surface area contributed by atoms with Crippen LogP contribution in [0.5, 0.6) is 5.75 Å². The molecule has 20 heavy (non-hydrogen) atoms. The van der Waals surface area contributed by atoms with Gasteiger partial charge >= 0.3 is 0 Å². The molecule has 0 fully saturated rings. The van der Waals surface area contributed by atoms with Crippen LogP contribution >= 0.6 is 0 Å². The van der Waals surface area contributed by atoms with Crippen LogP contribution in [0.25, 0.3) is 10.9 Å². The number of benzene rings is 2. The van der Waals surface area contributed by atoms with Crippen LogP contribution in [0.1, 0.15) is 11.3 Å². The molecule has 2 aromatic carbocycles. The molecule has 0 radical (unpaired) electrons. The third-order valence-corrected chi connectivity index (χ3v) is 3.59. The molecule has 3 rings (SSSR count). The van der Waals surface area contributed by atoms with Crippen molar-refractivity contribution in [1.82, 2.24) is 4.57 Å². The van der Waals surface area contributed by atoms with Gasteiger partial charge in [0.05, 0.1) is 16.9 Å². The van der Waals surface area contributed by atoms with Crippen molar-refractivity contribution >= 4 is 16.6 Å². The van der Waals surface area contributed by atoms with Gasteiger partial charge in [0, 0.05) is 12.4 Å². The number of nitrogen functional groups attached to an aromatic ring is 1. The van der Waals surface area contributed by atoms with E-state index in [-0.39, 0.29) is 0 Å². The number of aromatic nitrogens is 1. The van der Waals surface area contributed by atoms with Gasteiger partial charge in [-0.1, -0.05) is 29.8 Å². The van der Waals surface area contributed by atoms with E-state index in [4.69, 9.17) is 10.5 Å². The van der Waals surface area contributed by atoms with Crippen molar-refractivity contribution in [2.75, 3.05) is 5.73 Å². The van der Waals surface area contributed by atoms with Gasteiger partial charge in [-0.2, -0.15) is 0 Å². The molecule has 0 aliphatic heterocycles. The zero-order chi connectivity index (χ0) is 14.1. The highest BCUT2D eigenvalue weighted by molar-refractivity contribution is 5.91. The number of hydrogen-bond donors (Lipinski definition) is 1. The minimum atomic E-state index is 0.535. The molecule has 3 aromatic rings. The Morgan fingerprint density at radius 3 is 2.55 bits per heavy atom. The lowest BCUT2D eigenvalue weighted by Crippen LogP contribution is -2.02. The molecular formula is C17H18N2O. The molecule has 0 aliphatic carbocycles. The SMILES string of the molecule is Cc1ccc(OCc2cc3cccc(N)c3n2C)cc1. The van der Waals surface area contributed by atoms with Crippen LogP contribution in [0, 0.1) is 6.92 Å². The molecule has 1 heterocycles. The molecule has 0 unspecified atom stereocenters. The first-order chi connectivity index (χ1) is 9.65. The summed E-state index contributed by atoms with van der Waals surface area (Å²) < 4.78 is 7.93. The maximum absolute atomic E-state index is 6.03. The topological polar surface area (TPSA) is 40.2 Å². The zero-order valence-corrected chi connectivity index (χ0v) is 11.8. The van der Waals surface area contributed by atoms with E-state index < -0.39 is 0 Å². The normalized spacial score (nSPS) is 10.9. The Hall–Kier alpha value is -2.42. The second-order valence-electron chi connectivity index (χ2n) is 5.08. The van der Waals surface area contributed by atoms with Crippen molar-refractivity contribution in [3.05, 3.63) is 59.8 Å². The van der Waals surface area contributed by atoms with E-state index in [9.17, 15) is 0 Å². The zero-order valence-electron chi connectivity index (χ0n) is 11.8. The first-order valence-corrected chi connectivity index (χ1v) is 6.67. The molecule has 102 valence electrons. The second-order valence-corrected chi connectivity index (χ2v) is 5.08. The van der Waals surface area contributed by atoms with E-state index in [1.807, 2.05) is 31.3 Å². The molecule has 0 saturated carbocycles. The molecule has 0 spiro atoms. The van der Waals surface area contributed by atoms with Crippen molar-refractivity contribution in [3.8, 4) is 5.75 Å². The number of nitrogens with two attached hydrogens (primary N) is 1. The van der Waals surface area contributed by atoms with Crippen molar-refractivity contribution in [2.45, 2.75) is 13.5 Å².